The van der Waals surface area contributed by atoms with Crippen molar-refractivity contribution < 1.29 is 9.59 Å². The number of fused-ring (bicyclic) bond motifs is 1. The second-order valence-corrected chi connectivity index (χ2v) is 7.49. The average molecular weight is 387 g/mol. The molecule has 4 rings (SSSR count). The largest absolute Gasteiger partial charge is 0.349 e. The Kier molecular flexibility index (Phi) is 5.75. The van der Waals surface area contributed by atoms with Gasteiger partial charge in [0.15, 0.2) is 0 Å². The first kappa shape index (κ1) is 19.0. The van der Waals surface area contributed by atoms with Gasteiger partial charge in [-0.2, -0.15) is 0 Å². The molecule has 3 N–H and O–H groups in total. The van der Waals surface area contributed by atoms with Crippen LogP contribution in [0.2, 0.25) is 0 Å². The lowest BCUT2D eigenvalue weighted by Gasteiger charge is -2.22. The van der Waals surface area contributed by atoms with E-state index in [1.54, 1.807) is 24.3 Å². The summed E-state index contributed by atoms with van der Waals surface area (Å²) in [5.74, 6) is -0.0522. The topological polar surface area (TPSA) is 70.2 Å². The number of rotatable bonds is 4. The number of nitrogens with one attached hydrogen (secondary N) is 3. The van der Waals surface area contributed by atoms with Crippen LogP contribution in [0, 0.1) is 0 Å². The summed E-state index contributed by atoms with van der Waals surface area (Å²) in [6, 6.07) is 20.6. The molecule has 0 unspecified atom stereocenters. The summed E-state index contributed by atoms with van der Waals surface area (Å²) in [4.78, 5) is 24.8. The molecule has 29 heavy (non-hydrogen) atoms. The predicted octanol–water partition coefficient (Wildman–Crippen LogP) is 5.55. The molecule has 1 aliphatic rings. The lowest BCUT2D eigenvalue weighted by molar-refractivity contribution is 0.0927. The van der Waals surface area contributed by atoms with Crippen molar-refractivity contribution in [3.63, 3.8) is 0 Å². The summed E-state index contributed by atoms with van der Waals surface area (Å²) >= 11 is 0. The van der Waals surface area contributed by atoms with Crippen LogP contribution in [0.25, 0.3) is 10.8 Å². The van der Waals surface area contributed by atoms with Gasteiger partial charge in [-0.1, -0.05) is 55.7 Å². The van der Waals surface area contributed by atoms with Crippen LogP contribution < -0.4 is 16.0 Å². The van der Waals surface area contributed by atoms with Crippen LogP contribution in [0.4, 0.5) is 16.2 Å². The molecule has 0 aromatic heterocycles. The predicted molar refractivity (Wildman–Crippen MR) is 117 cm³/mol. The summed E-state index contributed by atoms with van der Waals surface area (Å²) in [5, 5.41) is 10.9. The fraction of sp³-hybridized carbons (Fsp3) is 0.250. The van der Waals surface area contributed by atoms with Gasteiger partial charge in [-0.3, -0.25) is 4.79 Å². The molecule has 0 radical (unpaired) electrons. The Bertz CT molecular complexity index is 1000. The van der Waals surface area contributed by atoms with Crippen molar-refractivity contribution >= 4 is 34.1 Å². The van der Waals surface area contributed by atoms with Crippen molar-refractivity contribution in [1.82, 2.24) is 5.32 Å². The third-order valence-electron chi connectivity index (χ3n) is 5.38. The molecular weight excluding hydrogens is 362 g/mol. The number of urea groups is 1. The maximum Gasteiger partial charge on any atom is 0.323 e. The fourth-order valence-corrected chi connectivity index (χ4v) is 3.84. The van der Waals surface area contributed by atoms with Gasteiger partial charge in [-0.15, -0.1) is 0 Å². The first-order valence-corrected chi connectivity index (χ1v) is 10.2. The van der Waals surface area contributed by atoms with E-state index in [-0.39, 0.29) is 18.0 Å². The molecular formula is C24H25N3O2. The van der Waals surface area contributed by atoms with Crippen molar-refractivity contribution in [2.24, 2.45) is 0 Å². The molecule has 148 valence electrons. The summed E-state index contributed by atoms with van der Waals surface area (Å²) in [6.45, 7) is 0. The van der Waals surface area contributed by atoms with Crippen LogP contribution in [0.5, 0.6) is 0 Å². The average Bonchev–Trinajstić information content (AvgIpc) is 2.75. The second kappa shape index (κ2) is 8.78. The maximum absolute atomic E-state index is 12.4. The standard InChI is InChI=1S/C24H25N3O2/c28-23(25-19-9-2-1-3-10-19)18-13-15-20(16-14-18)26-24(29)27-22-12-6-8-17-7-4-5-11-21(17)22/h4-8,11-16,19H,1-3,9-10H2,(H,25,28)(H2,26,27,29). The Hall–Kier alpha value is -3.34. The number of amides is 3. The van der Waals surface area contributed by atoms with Crippen LogP contribution in [0.3, 0.4) is 0 Å². The number of hydrogen-bond acceptors (Lipinski definition) is 2. The minimum absolute atomic E-state index is 0.0522. The van der Waals surface area contributed by atoms with E-state index >= 15 is 0 Å². The minimum atomic E-state index is -0.319. The van der Waals surface area contributed by atoms with Crippen molar-refractivity contribution in [1.29, 1.82) is 0 Å². The second-order valence-electron chi connectivity index (χ2n) is 7.49. The molecule has 0 atom stereocenters. The third-order valence-corrected chi connectivity index (χ3v) is 5.38. The monoisotopic (exact) mass is 387 g/mol. The highest BCUT2D eigenvalue weighted by Crippen LogP contribution is 2.23. The van der Waals surface area contributed by atoms with Gasteiger partial charge in [-0.25, -0.2) is 4.79 Å². The molecule has 1 saturated carbocycles. The van der Waals surface area contributed by atoms with Gasteiger partial charge in [0.25, 0.3) is 5.91 Å². The highest BCUT2D eigenvalue weighted by atomic mass is 16.2. The van der Waals surface area contributed by atoms with E-state index in [4.69, 9.17) is 0 Å². The molecule has 1 aliphatic carbocycles. The normalized spacial score (nSPS) is 14.3. The molecule has 3 aromatic rings. The van der Waals surface area contributed by atoms with Gasteiger partial charge in [0.1, 0.15) is 0 Å². The van der Waals surface area contributed by atoms with Gasteiger partial charge in [-0.05, 0) is 48.6 Å². The lowest BCUT2D eigenvalue weighted by atomic mass is 9.95. The molecule has 0 spiro atoms. The lowest BCUT2D eigenvalue weighted by Crippen LogP contribution is -2.36. The van der Waals surface area contributed by atoms with Crippen LogP contribution in [-0.2, 0) is 0 Å². The van der Waals surface area contributed by atoms with Crippen LogP contribution in [0.1, 0.15) is 42.5 Å². The first-order valence-electron chi connectivity index (χ1n) is 10.2. The van der Waals surface area contributed by atoms with Crippen molar-refractivity contribution in [2.45, 2.75) is 38.1 Å². The quantitative estimate of drug-likeness (QED) is 0.549. The number of carbonyl (C=O) groups is 2. The summed E-state index contributed by atoms with van der Waals surface area (Å²) in [7, 11) is 0. The Balaban J connectivity index is 1.36. The van der Waals surface area contributed by atoms with E-state index in [1.165, 1.54) is 19.3 Å². The van der Waals surface area contributed by atoms with Gasteiger partial charge in [0.2, 0.25) is 0 Å². The molecule has 3 aromatic carbocycles. The molecule has 0 aliphatic heterocycles. The zero-order chi connectivity index (χ0) is 20.1. The van der Waals surface area contributed by atoms with E-state index < -0.39 is 0 Å². The zero-order valence-corrected chi connectivity index (χ0v) is 16.3. The maximum atomic E-state index is 12.4. The summed E-state index contributed by atoms with van der Waals surface area (Å²) < 4.78 is 0. The molecule has 0 saturated heterocycles. The minimum Gasteiger partial charge on any atom is -0.349 e. The third kappa shape index (κ3) is 4.74. The van der Waals surface area contributed by atoms with Crippen molar-refractivity contribution in [3.8, 4) is 0 Å². The molecule has 3 amide bonds. The molecule has 0 bridgehead atoms. The van der Waals surface area contributed by atoms with E-state index in [9.17, 15) is 9.59 Å². The van der Waals surface area contributed by atoms with Crippen LogP contribution in [-0.4, -0.2) is 18.0 Å². The zero-order valence-electron chi connectivity index (χ0n) is 16.3. The van der Waals surface area contributed by atoms with Crippen LogP contribution >= 0.6 is 0 Å². The van der Waals surface area contributed by atoms with Gasteiger partial charge >= 0.3 is 6.03 Å². The van der Waals surface area contributed by atoms with Gasteiger partial charge < -0.3 is 16.0 Å². The Morgan fingerprint density at radius 3 is 2.28 bits per heavy atom. The Labute approximate surface area is 170 Å². The van der Waals surface area contributed by atoms with Gasteiger partial charge in [0, 0.05) is 22.7 Å². The van der Waals surface area contributed by atoms with E-state index in [1.807, 2.05) is 42.5 Å². The number of benzene rings is 3. The molecule has 5 nitrogen and oxygen atoms in total. The van der Waals surface area contributed by atoms with Crippen molar-refractivity contribution in [3.05, 3.63) is 72.3 Å². The number of carbonyl (C=O) groups excluding carboxylic acids is 2. The smallest absolute Gasteiger partial charge is 0.323 e. The Morgan fingerprint density at radius 1 is 0.759 bits per heavy atom. The van der Waals surface area contributed by atoms with Gasteiger partial charge in [0.05, 0.1) is 5.69 Å². The summed E-state index contributed by atoms with van der Waals surface area (Å²) in [6.07, 6.45) is 5.73. The number of hydrogen-bond donors (Lipinski definition) is 3. The molecule has 5 heteroatoms. The van der Waals surface area contributed by atoms with Crippen LogP contribution in [0.15, 0.2) is 66.7 Å². The van der Waals surface area contributed by atoms with E-state index in [2.05, 4.69) is 16.0 Å². The fourth-order valence-electron chi connectivity index (χ4n) is 3.84. The first-order chi connectivity index (χ1) is 14.2. The SMILES string of the molecule is O=C(Nc1ccc(C(=O)NC2CCCCC2)cc1)Nc1cccc2ccccc12. The highest BCUT2D eigenvalue weighted by Gasteiger charge is 2.16. The number of anilines is 2. The van der Waals surface area contributed by atoms with E-state index in [0.717, 1.165) is 29.3 Å². The molecule has 0 heterocycles. The highest BCUT2D eigenvalue weighted by molar-refractivity contribution is 6.06. The van der Waals surface area contributed by atoms with Crippen molar-refractivity contribution in [2.75, 3.05) is 10.6 Å². The summed E-state index contributed by atoms with van der Waals surface area (Å²) in [5.41, 5.74) is 2.00. The Morgan fingerprint density at radius 2 is 1.48 bits per heavy atom. The van der Waals surface area contributed by atoms with E-state index in [0.29, 0.717) is 11.3 Å². The molecule has 1 fully saturated rings.